The van der Waals surface area contributed by atoms with Gasteiger partial charge in [-0.25, -0.2) is 0 Å². The molecule has 1 aromatic carbocycles. The fourth-order valence-corrected chi connectivity index (χ4v) is 10.4. The molecule has 4 heterocycles. The largest absolute Gasteiger partial charge is 0.462 e. The van der Waals surface area contributed by atoms with E-state index < -0.39 is 127 Å². The number of esters is 4. The smallest absolute Gasteiger partial charge is 0.309 e. The van der Waals surface area contributed by atoms with E-state index in [-0.39, 0.29) is 32.1 Å². The first-order valence-corrected chi connectivity index (χ1v) is 26.9. The normalized spacial score (nSPS) is 33.2. The molecule has 0 bridgehead atoms. The van der Waals surface area contributed by atoms with Crippen molar-refractivity contribution < 1.29 is 81.6 Å². The Morgan fingerprint density at radius 1 is 0.922 bits per heavy atom. The van der Waals surface area contributed by atoms with Crippen molar-refractivity contribution in [2.75, 3.05) is 41.3 Å². The number of carbonyl (C=O) groups excluding carboxylic acids is 5. The van der Waals surface area contributed by atoms with E-state index in [0.29, 0.717) is 44.0 Å². The maximum Gasteiger partial charge on any atom is 0.309 e. The van der Waals surface area contributed by atoms with Crippen LogP contribution in [0.5, 0.6) is 11.6 Å². The van der Waals surface area contributed by atoms with E-state index >= 15 is 0 Å². The van der Waals surface area contributed by atoms with Crippen LogP contribution in [0.25, 0.3) is 6.08 Å². The van der Waals surface area contributed by atoms with Gasteiger partial charge >= 0.3 is 23.9 Å². The van der Waals surface area contributed by atoms with Gasteiger partial charge in [-0.1, -0.05) is 45.1 Å². The number of nitrogens with zero attached hydrogens (tertiary/aromatic N) is 4. The van der Waals surface area contributed by atoms with Crippen LogP contribution < -0.4 is 4.74 Å². The van der Waals surface area contributed by atoms with Crippen LogP contribution in [0, 0.1) is 18.8 Å². The molecule has 16 atom stereocenters. The monoisotopic (exact) mass is 1080 g/mol. The van der Waals surface area contributed by atoms with Gasteiger partial charge in [-0.2, -0.15) is 5.10 Å². The second kappa shape index (κ2) is 29.8. The molecular weight excluding hydrogens is 1000 g/mol. The summed E-state index contributed by atoms with van der Waals surface area (Å²) in [5.41, 5.74) is 0.316. The average Bonchev–Trinajstić information content (AvgIpc) is 3.37. The molecule has 21 heteroatoms. The molecule has 3 saturated heterocycles. The first-order valence-electron chi connectivity index (χ1n) is 26.9. The molecule has 2 aromatic rings. The van der Waals surface area contributed by atoms with Crippen LogP contribution in [0.2, 0.25) is 0 Å². The van der Waals surface area contributed by atoms with Crippen molar-refractivity contribution >= 4 is 36.2 Å². The van der Waals surface area contributed by atoms with Gasteiger partial charge in [0.1, 0.15) is 42.6 Å². The molecule has 3 aliphatic rings. The Kier molecular flexibility index (Phi) is 24.4. The summed E-state index contributed by atoms with van der Waals surface area (Å²) >= 11 is 0. The zero-order valence-electron chi connectivity index (χ0n) is 46.9. The summed E-state index contributed by atoms with van der Waals surface area (Å²) < 4.78 is 62.0. The molecule has 77 heavy (non-hydrogen) atoms. The first-order chi connectivity index (χ1) is 36.6. The van der Waals surface area contributed by atoms with Crippen LogP contribution in [0.1, 0.15) is 118 Å². The van der Waals surface area contributed by atoms with Gasteiger partial charge in [-0.05, 0) is 110 Å². The highest BCUT2D eigenvalue weighted by atomic mass is 16.7. The molecule has 0 radical (unpaired) electrons. The Morgan fingerprint density at radius 3 is 2.25 bits per heavy atom. The number of hydrogen-bond acceptors (Lipinski definition) is 21. The predicted octanol–water partition coefficient (Wildman–Crippen LogP) is 5.52. The van der Waals surface area contributed by atoms with E-state index in [1.54, 1.807) is 59.7 Å². The van der Waals surface area contributed by atoms with Crippen molar-refractivity contribution in [1.82, 2.24) is 20.0 Å². The second-order valence-corrected chi connectivity index (χ2v) is 21.1. The molecule has 2 N–H and O–H groups in total. The van der Waals surface area contributed by atoms with Crippen LogP contribution >= 0.6 is 0 Å². The highest BCUT2D eigenvalue weighted by Gasteiger charge is 2.54. The Morgan fingerprint density at radius 2 is 1.62 bits per heavy atom. The lowest BCUT2D eigenvalue weighted by atomic mass is 9.82. The van der Waals surface area contributed by atoms with Gasteiger partial charge < -0.3 is 72.2 Å². The van der Waals surface area contributed by atoms with Crippen molar-refractivity contribution in [1.29, 1.82) is 0 Å². The molecule has 0 spiro atoms. The van der Waals surface area contributed by atoms with E-state index in [9.17, 15) is 34.2 Å². The minimum absolute atomic E-state index is 0.0300. The molecule has 0 saturated carbocycles. The Balaban J connectivity index is 1.43. The maximum atomic E-state index is 14.2. The topological polar surface area (TPSA) is 250 Å². The number of aliphatic hydroxyl groups is 2. The highest BCUT2D eigenvalue weighted by molar-refractivity contribution is 5.73. The zero-order chi connectivity index (χ0) is 56.6. The van der Waals surface area contributed by atoms with Crippen LogP contribution in [0.15, 0.2) is 42.5 Å². The third-order valence-electron chi connectivity index (χ3n) is 14.4. The van der Waals surface area contributed by atoms with Crippen molar-refractivity contribution in [3.8, 4) is 11.6 Å². The Labute approximate surface area is 453 Å². The summed E-state index contributed by atoms with van der Waals surface area (Å²) in [6.07, 6.45) is -6.76. The average molecular weight is 1090 g/mol. The van der Waals surface area contributed by atoms with Crippen LogP contribution in [-0.2, 0) is 66.6 Å². The van der Waals surface area contributed by atoms with Gasteiger partial charge in [0, 0.05) is 58.7 Å². The summed E-state index contributed by atoms with van der Waals surface area (Å²) in [5, 5.41) is 32.2. The number of aromatic nitrogens is 2. The molecule has 3 aliphatic heterocycles. The number of β-amino-alcohol motifs (C(OH)–C–C–N with tert-alkyl or cyclic N) is 1. The van der Waals surface area contributed by atoms with E-state index in [0.717, 1.165) is 17.5 Å². The van der Waals surface area contributed by atoms with Crippen molar-refractivity contribution in [2.45, 2.75) is 198 Å². The number of likely N-dealkylation sites (N-methyl/N-ethyl adjacent to an activating group) is 2. The lowest BCUT2D eigenvalue weighted by Crippen LogP contribution is -2.66. The van der Waals surface area contributed by atoms with Gasteiger partial charge in [0.2, 0.25) is 5.88 Å². The van der Waals surface area contributed by atoms with E-state index in [4.69, 9.17) is 47.4 Å². The molecule has 0 aliphatic carbocycles. The maximum absolute atomic E-state index is 14.2. The Hall–Kier alpha value is -4.97. The number of aryl methyl sites for hydroxylation is 1. The SMILES string of the molecule is CCC(=O)O[C@@H]1CC(=O)O[C@@H](CC=Cc2ccc(Oc3ccc(C)nn3)cc2)CCCN(C)C[C@H](O)[C@H](C)C[C@H](CC=O)[C@H](O[C@@H]2OC(C)[C@@H](O[C@H]3CC(C)(OC(C)=O)[C@@H](OC(=O)CC)C(C)O3)C(N(C)C)C2O)[C@H]1OC. The van der Waals surface area contributed by atoms with Gasteiger partial charge in [0.25, 0.3) is 0 Å². The molecule has 3 fully saturated rings. The van der Waals surface area contributed by atoms with Crippen molar-refractivity contribution in [3.63, 3.8) is 0 Å². The molecule has 5 unspecified atom stereocenters. The van der Waals surface area contributed by atoms with Gasteiger partial charge in [0.15, 0.2) is 24.3 Å². The van der Waals surface area contributed by atoms with E-state index in [1.807, 2.05) is 68.3 Å². The van der Waals surface area contributed by atoms with Gasteiger partial charge in [0.05, 0.1) is 42.6 Å². The summed E-state index contributed by atoms with van der Waals surface area (Å²) in [5.74, 6) is -2.56. The standard InChI is InChI=1S/C56H84N4O17/c1-13-45(64)73-43-30-47(66)72-40(18-15-17-38-21-23-41(24-22-38)71-44-25-20-34(4)57-58-44)19-16-27-60(11)32-42(63)33(3)29-39(26-28-61)52(53(43)68-12)76-55-50(67)49(59(9)10)51(35(5)70-55)75-48-31-56(8,77-37(7)62)54(36(6)69-48)74-46(65)14-2/h15,17,20-25,28,33,35-36,39-40,42-43,48-55,63,67H,13-14,16,18-19,26-27,29-32H2,1-12H3/t33-,35?,36?,39+,40+,42+,43-,48+,49?,50?,51-,52+,53+,54+,55+,56?/m1/s1. The summed E-state index contributed by atoms with van der Waals surface area (Å²) in [7, 11) is 6.78. The number of rotatable bonds is 18. The third-order valence-corrected chi connectivity index (χ3v) is 14.4. The lowest BCUT2D eigenvalue weighted by Gasteiger charge is -2.50. The number of benzene rings is 1. The number of hydrogen-bond donors (Lipinski definition) is 2. The fourth-order valence-electron chi connectivity index (χ4n) is 10.4. The molecule has 1 aromatic heterocycles. The van der Waals surface area contributed by atoms with E-state index in [1.165, 1.54) is 14.0 Å². The predicted molar refractivity (Wildman–Crippen MR) is 280 cm³/mol. The zero-order valence-corrected chi connectivity index (χ0v) is 46.9. The third kappa shape index (κ3) is 18.3. The number of carbonyl (C=O) groups is 5. The van der Waals surface area contributed by atoms with Gasteiger partial charge in [-0.15, -0.1) is 5.10 Å². The van der Waals surface area contributed by atoms with Crippen LogP contribution in [0.3, 0.4) is 0 Å². The summed E-state index contributed by atoms with van der Waals surface area (Å²) in [6.45, 7) is 14.2. The lowest BCUT2D eigenvalue weighted by molar-refractivity contribution is -0.344. The second-order valence-electron chi connectivity index (χ2n) is 21.1. The first kappa shape index (κ1) is 62.9. The molecule has 0 amide bonds. The minimum Gasteiger partial charge on any atom is -0.462 e. The van der Waals surface area contributed by atoms with Crippen LogP contribution in [-0.4, -0.2) is 187 Å². The molecule has 430 valence electrons. The fraction of sp³-hybridized carbons (Fsp3) is 0.696. The molecular formula is C56H84N4O17. The van der Waals surface area contributed by atoms with Crippen molar-refractivity contribution in [3.05, 3.63) is 53.7 Å². The Bertz CT molecular complexity index is 2220. The summed E-state index contributed by atoms with van der Waals surface area (Å²) in [6, 6.07) is 10.1. The van der Waals surface area contributed by atoms with Gasteiger partial charge in [-0.3, -0.25) is 19.2 Å². The quantitative estimate of drug-likeness (QED) is 0.106. The molecule has 21 nitrogen and oxygen atoms in total. The highest BCUT2D eigenvalue weighted by Crippen LogP contribution is 2.39. The number of methoxy groups -OCH3 is 1. The van der Waals surface area contributed by atoms with Crippen molar-refractivity contribution in [2.24, 2.45) is 11.8 Å². The number of aliphatic hydroxyl groups excluding tert-OH is 2. The molecule has 5 rings (SSSR count). The number of aldehydes is 1. The minimum atomic E-state index is -1.45. The summed E-state index contributed by atoms with van der Waals surface area (Å²) in [4.78, 5) is 68.8. The van der Waals surface area contributed by atoms with Crippen LogP contribution in [0.4, 0.5) is 0 Å². The number of ether oxygens (including phenoxy) is 10. The van der Waals surface area contributed by atoms with E-state index in [2.05, 4.69) is 10.2 Å². The number of cyclic esters (lactones) is 1.